The molecule has 0 amide bonds. The molecule has 3 nitrogen and oxygen atoms in total. The van der Waals surface area contributed by atoms with Gasteiger partial charge >= 0.3 is 5.97 Å². The number of aliphatic carboxylic acids is 1. The number of halogens is 2. The lowest BCUT2D eigenvalue weighted by molar-refractivity contribution is -0.137. The summed E-state index contributed by atoms with van der Waals surface area (Å²) < 4.78 is 13.7. The molecule has 1 rings (SSSR count). The number of carboxylic acid groups (broad SMARTS) is 1. The first-order valence-corrected chi connectivity index (χ1v) is 5.23. The van der Waals surface area contributed by atoms with E-state index < -0.39 is 17.8 Å². The Morgan fingerprint density at radius 3 is 2.81 bits per heavy atom. The van der Waals surface area contributed by atoms with Crippen molar-refractivity contribution in [3.05, 3.63) is 34.1 Å². The summed E-state index contributed by atoms with van der Waals surface area (Å²) >= 11 is 5.84. The lowest BCUT2D eigenvalue weighted by Crippen LogP contribution is -2.15. The van der Waals surface area contributed by atoms with Crippen LogP contribution in [0.25, 0.3) is 0 Å². The SMILES string of the molecule is Cc1ccc(Cl)c(C(N)CCC(=O)O)c1F. The van der Waals surface area contributed by atoms with Crippen LogP contribution in [0.4, 0.5) is 4.39 Å². The summed E-state index contributed by atoms with van der Waals surface area (Å²) in [5.74, 6) is -1.41. The molecule has 0 fully saturated rings. The van der Waals surface area contributed by atoms with Crippen LogP contribution in [-0.2, 0) is 4.79 Å². The maximum Gasteiger partial charge on any atom is 0.303 e. The van der Waals surface area contributed by atoms with Gasteiger partial charge in [0.05, 0.1) is 0 Å². The maximum absolute atomic E-state index is 13.7. The van der Waals surface area contributed by atoms with Crippen LogP contribution in [0.15, 0.2) is 12.1 Å². The summed E-state index contributed by atoms with van der Waals surface area (Å²) in [5, 5.41) is 8.76. The van der Waals surface area contributed by atoms with Gasteiger partial charge < -0.3 is 10.8 Å². The minimum atomic E-state index is -0.959. The molecule has 5 heteroatoms. The molecule has 1 unspecified atom stereocenters. The Balaban J connectivity index is 2.94. The van der Waals surface area contributed by atoms with E-state index in [1.54, 1.807) is 19.1 Å². The fourth-order valence-electron chi connectivity index (χ4n) is 1.44. The van der Waals surface area contributed by atoms with Gasteiger partial charge in [-0.05, 0) is 25.0 Å². The van der Waals surface area contributed by atoms with Crippen molar-refractivity contribution in [1.82, 2.24) is 0 Å². The molecule has 0 aliphatic heterocycles. The van der Waals surface area contributed by atoms with Crippen LogP contribution in [0.5, 0.6) is 0 Å². The maximum atomic E-state index is 13.7. The number of carboxylic acids is 1. The molecule has 0 bridgehead atoms. The molecule has 0 spiro atoms. The Morgan fingerprint density at radius 1 is 1.62 bits per heavy atom. The lowest BCUT2D eigenvalue weighted by atomic mass is 10.00. The van der Waals surface area contributed by atoms with Crippen molar-refractivity contribution < 1.29 is 14.3 Å². The number of benzene rings is 1. The summed E-state index contributed by atoms with van der Waals surface area (Å²) in [6.07, 6.45) is 0.0559. The third kappa shape index (κ3) is 2.93. The van der Waals surface area contributed by atoms with Crippen molar-refractivity contribution in [3.8, 4) is 0 Å². The fourth-order valence-corrected chi connectivity index (χ4v) is 1.73. The number of nitrogens with two attached hydrogens (primary N) is 1. The lowest BCUT2D eigenvalue weighted by Gasteiger charge is -2.14. The predicted octanol–water partition coefficient (Wildman–Crippen LogP) is 2.65. The second-order valence-electron chi connectivity index (χ2n) is 3.63. The van der Waals surface area contributed by atoms with Crippen LogP contribution in [0.3, 0.4) is 0 Å². The summed E-state index contributed by atoms with van der Waals surface area (Å²) in [6, 6.07) is 2.43. The largest absolute Gasteiger partial charge is 0.481 e. The Kier molecular flexibility index (Phi) is 4.26. The third-order valence-electron chi connectivity index (χ3n) is 2.36. The highest BCUT2D eigenvalue weighted by Crippen LogP contribution is 2.28. The molecular formula is C11H13ClFNO2. The average molecular weight is 246 g/mol. The van der Waals surface area contributed by atoms with Gasteiger partial charge in [0.2, 0.25) is 0 Å². The second kappa shape index (κ2) is 5.27. The summed E-state index contributed by atoms with van der Waals surface area (Å²) in [4.78, 5) is 10.4. The predicted molar refractivity (Wildman–Crippen MR) is 59.9 cm³/mol. The minimum absolute atomic E-state index is 0.106. The quantitative estimate of drug-likeness (QED) is 0.857. The molecule has 0 saturated heterocycles. The smallest absolute Gasteiger partial charge is 0.303 e. The first kappa shape index (κ1) is 12.9. The van der Waals surface area contributed by atoms with Gasteiger partial charge in [-0.2, -0.15) is 0 Å². The van der Waals surface area contributed by atoms with Crippen molar-refractivity contribution in [3.63, 3.8) is 0 Å². The van der Waals surface area contributed by atoms with Crippen LogP contribution in [0.1, 0.15) is 30.0 Å². The van der Waals surface area contributed by atoms with Crippen molar-refractivity contribution in [1.29, 1.82) is 0 Å². The normalized spacial score (nSPS) is 12.5. The Morgan fingerprint density at radius 2 is 2.25 bits per heavy atom. The zero-order chi connectivity index (χ0) is 12.3. The van der Waals surface area contributed by atoms with Crippen LogP contribution in [-0.4, -0.2) is 11.1 Å². The van der Waals surface area contributed by atoms with E-state index in [-0.39, 0.29) is 23.4 Å². The van der Waals surface area contributed by atoms with E-state index >= 15 is 0 Å². The van der Waals surface area contributed by atoms with Gasteiger partial charge in [0.25, 0.3) is 0 Å². The third-order valence-corrected chi connectivity index (χ3v) is 2.69. The van der Waals surface area contributed by atoms with Gasteiger partial charge in [0, 0.05) is 23.0 Å². The fraction of sp³-hybridized carbons (Fsp3) is 0.364. The van der Waals surface area contributed by atoms with Gasteiger partial charge in [-0.25, -0.2) is 4.39 Å². The molecule has 16 heavy (non-hydrogen) atoms. The van der Waals surface area contributed by atoms with Gasteiger partial charge in [0.15, 0.2) is 0 Å². The van der Waals surface area contributed by atoms with Crippen LogP contribution in [0, 0.1) is 12.7 Å². The molecule has 3 N–H and O–H groups in total. The van der Waals surface area contributed by atoms with E-state index in [1.165, 1.54) is 0 Å². The molecule has 1 aromatic rings. The van der Waals surface area contributed by atoms with E-state index in [1.807, 2.05) is 0 Å². The first-order chi connectivity index (χ1) is 7.43. The Hall–Kier alpha value is -1.13. The molecule has 0 aliphatic carbocycles. The minimum Gasteiger partial charge on any atom is -0.481 e. The molecule has 0 heterocycles. The van der Waals surface area contributed by atoms with Gasteiger partial charge in [-0.1, -0.05) is 17.7 Å². The standard InChI is InChI=1S/C11H13ClFNO2/c1-6-2-3-7(12)10(11(6)13)8(14)4-5-9(15)16/h2-3,8H,4-5,14H2,1H3,(H,15,16). The zero-order valence-electron chi connectivity index (χ0n) is 8.84. The zero-order valence-corrected chi connectivity index (χ0v) is 9.59. The van der Waals surface area contributed by atoms with Crippen molar-refractivity contribution in [2.45, 2.75) is 25.8 Å². The van der Waals surface area contributed by atoms with Gasteiger partial charge in [-0.3, -0.25) is 4.79 Å². The molecular weight excluding hydrogens is 233 g/mol. The number of carbonyl (C=O) groups is 1. The number of hydrogen-bond acceptors (Lipinski definition) is 2. The van der Waals surface area contributed by atoms with E-state index in [2.05, 4.69) is 0 Å². The highest BCUT2D eigenvalue weighted by molar-refractivity contribution is 6.31. The van der Waals surface area contributed by atoms with Crippen molar-refractivity contribution >= 4 is 17.6 Å². The monoisotopic (exact) mass is 245 g/mol. The van der Waals surface area contributed by atoms with Crippen molar-refractivity contribution in [2.24, 2.45) is 5.73 Å². The van der Waals surface area contributed by atoms with Crippen LogP contribution in [0.2, 0.25) is 5.02 Å². The molecule has 88 valence electrons. The first-order valence-electron chi connectivity index (χ1n) is 4.85. The van der Waals surface area contributed by atoms with Crippen molar-refractivity contribution in [2.75, 3.05) is 0 Å². The van der Waals surface area contributed by atoms with Gasteiger partial charge in [-0.15, -0.1) is 0 Å². The summed E-state index contributed by atoms with van der Waals surface area (Å²) in [6.45, 7) is 1.61. The Bertz CT molecular complexity index is 409. The van der Waals surface area contributed by atoms with E-state index in [4.69, 9.17) is 22.4 Å². The topological polar surface area (TPSA) is 63.3 Å². The van der Waals surface area contributed by atoms with E-state index in [9.17, 15) is 9.18 Å². The van der Waals surface area contributed by atoms with E-state index in [0.29, 0.717) is 5.56 Å². The molecule has 0 radical (unpaired) electrons. The molecule has 0 aromatic heterocycles. The van der Waals surface area contributed by atoms with Gasteiger partial charge in [0.1, 0.15) is 5.82 Å². The molecule has 0 saturated carbocycles. The Labute approximate surface area is 98.0 Å². The van der Waals surface area contributed by atoms with Crippen LogP contribution >= 0.6 is 11.6 Å². The average Bonchev–Trinajstić information content (AvgIpc) is 2.21. The van der Waals surface area contributed by atoms with Crippen LogP contribution < -0.4 is 5.73 Å². The number of rotatable bonds is 4. The highest BCUT2D eigenvalue weighted by Gasteiger charge is 2.17. The summed E-state index contributed by atoms with van der Waals surface area (Å²) in [7, 11) is 0. The number of aryl methyl sites for hydroxylation is 1. The summed E-state index contributed by atoms with van der Waals surface area (Å²) in [5.41, 5.74) is 6.37. The molecule has 0 aliphatic rings. The number of hydrogen-bond donors (Lipinski definition) is 2. The highest BCUT2D eigenvalue weighted by atomic mass is 35.5. The molecule has 1 aromatic carbocycles. The second-order valence-corrected chi connectivity index (χ2v) is 4.04. The van der Waals surface area contributed by atoms with E-state index in [0.717, 1.165) is 0 Å². The molecule has 1 atom stereocenters.